The van der Waals surface area contributed by atoms with E-state index in [-0.39, 0.29) is 0 Å². The number of ether oxygens (including phenoxy) is 2. The second-order valence-electron chi connectivity index (χ2n) is 5.14. The van der Waals surface area contributed by atoms with E-state index in [1.807, 2.05) is 6.07 Å². The van der Waals surface area contributed by atoms with Crippen molar-refractivity contribution in [2.24, 2.45) is 0 Å². The highest BCUT2D eigenvalue weighted by Crippen LogP contribution is 2.30. The van der Waals surface area contributed by atoms with Crippen molar-refractivity contribution < 1.29 is 9.47 Å². The molecule has 0 saturated heterocycles. The Kier molecular flexibility index (Phi) is 5.60. The minimum atomic E-state index is 0.315. The van der Waals surface area contributed by atoms with E-state index in [9.17, 15) is 0 Å². The summed E-state index contributed by atoms with van der Waals surface area (Å²) >= 11 is 12.0. The quantitative estimate of drug-likeness (QED) is 0.630. The third-order valence-corrected chi connectivity index (χ3v) is 3.77. The minimum Gasteiger partial charge on any atom is -0.493 e. The van der Waals surface area contributed by atoms with E-state index in [2.05, 4.69) is 25.8 Å². The number of nitrogens with zero attached hydrogens (tertiary/aromatic N) is 3. The third kappa shape index (κ3) is 4.44. The number of hydrogen-bond donors (Lipinski definition) is 2. The van der Waals surface area contributed by atoms with Gasteiger partial charge in [-0.3, -0.25) is 0 Å². The molecule has 2 aromatic carbocycles. The van der Waals surface area contributed by atoms with Crippen LogP contribution in [0, 0.1) is 0 Å². The number of benzene rings is 2. The summed E-state index contributed by atoms with van der Waals surface area (Å²) < 4.78 is 10.5. The molecule has 0 spiro atoms. The van der Waals surface area contributed by atoms with Crippen LogP contribution in [0.3, 0.4) is 0 Å². The van der Waals surface area contributed by atoms with Gasteiger partial charge in [-0.05, 0) is 30.3 Å². The van der Waals surface area contributed by atoms with Crippen LogP contribution in [0.1, 0.15) is 0 Å². The molecular weight excluding hydrogens is 377 g/mol. The Hall–Kier alpha value is -2.77. The summed E-state index contributed by atoms with van der Waals surface area (Å²) in [6.07, 6.45) is 1.49. The van der Waals surface area contributed by atoms with Gasteiger partial charge < -0.3 is 20.1 Å². The van der Waals surface area contributed by atoms with E-state index in [1.54, 1.807) is 44.6 Å². The number of hydrogen-bond acceptors (Lipinski definition) is 7. The lowest BCUT2D eigenvalue weighted by Gasteiger charge is -2.11. The fourth-order valence-corrected chi connectivity index (χ4v) is 2.76. The molecule has 3 aromatic rings. The Bertz CT molecular complexity index is 903. The van der Waals surface area contributed by atoms with Crippen molar-refractivity contribution in [3.63, 3.8) is 0 Å². The van der Waals surface area contributed by atoms with Crippen molar-refractivity contribution in [2.45, 2.75) is 0 Å². The molecule has 7 nitrogen and oxygen atoms in total. The smallest absolute Gasteiger partial charge is 0.249 e. The zero-order valence-electron chi connectivity index (χ0n) is 14.0. The predicted molar refractivity (Wildman–Crippen MR) is 102 cm³/mol. The van der Waals surface area contributed by atoms with Crippen LogP contribution in [0.4, 0.5) is 23.1 Å². The van der Waals surface area contributed by atoms with Gasteiger partial charge in [0.2, 0.25) is 5.95 Å². The number of anilines is 4. The minimum absolute atomic E-state index is 0.315. The van der Waals surface area contributed by atoms with Crippen molar-refractivity contribution in [3.05, 3.63) is 52.6 Å². The highest BCUT2D eigenvalue weighted by molar-refractivity contribution is 6.35. The summed E-state index contributed by atoms with van der Waals surface area (Å²) in [4.78, 5) is 4.37. The summed E-state index contributed by atoms with van der Waals surface area (Å²) in [5.41, 5.74) is 1.42. The number of aromatic nitrogens is 3. The van der Waals surface area contributed by atoms with E-state index < -0.39 is 0 Å². The molecule has 0 aliphatic carbocycles. The Labute approximate surface area is 160 Å². The molecule has 0 bridgehead atoms. The van der Waals surface area contributed by atoms with Crippen LogP contribution in [-0.4, -0.2) is 29.4 Å². The molecule has 1 heterocycles. The molecule has 0 aliphatic heterocycles. The average Bonchev–Trinajstić information content (AvgIpc) is 2.61. The van der Waals surface area contributed by atoms with Crippen LogP contribution in [0.15, 0.2) is 42.6 Å². The number of nitrogens with one attached hydrogen (secondary N) is 2. The van der Waals surface area contributed by atoms with Gasteiger partial charge in [0.15, 0.2) is 17.3 Å². The van der Waals surface area contributed by atoms with E-state index >= 15 is 0 Å². The summed E-state index contributed by atoms with van der Waals surface area (Å²) in [6.45, 7) is 0. The van der Waals surface area contributed by atoms with E-state index in [0.717, 1.165) is 5.69 Å². The maximum atomic E-state index is 6.00. The Morgan fingerprint density at radius 3 is 2.27 bits per heavy atom. The second kappa shape index (κ2) is 8.07. The molecular formula is C17H15Cl2N5O2. The lowest BCUT2D eigenvalue weighted by molar-refractivity contribution is 0.355. The molecule has 3 rings (SSSR count). The van der Waals surface area contributed by atoms with Gasteiger partial charge in [0.25, 0.3) is 0 Å². The van der Waals surface area contributed by atoms with Crippen molar-refractivity contribution in [3.8, 4) is 11.5 Å². The van der Waals surface area contributed by atoms with Crippen LogP contribution in [0.25, 0.3) is 0 Å². The molecule has 0 unspecified atom stereocenters. The van der Waals surface area contributed by atoms with Crippen molar-refractivity contribution in [1.82, 2.24) is 15.2 Å². The van der Waals surface area contributed by atoms with E-state index in [4.69, 9.17) is 32.7 Å². The fraction of sp³-hybridized carbons (Fsp3) is 0.118. The van der Waals surface area contributed by atoms with Gasteiger partial charge in [-0.15, -0.1) is 5.10 Å². The molecule has 0 amide bonds. The van der Waals surface area contributed by atoms with Crippen LogP contribution in [0.5, 0.6) is 11.5 Å². The molecule has 0 atom stereocenters. The number of halogens is 2. The number of methoxy groups -OCH3 is 2. The summed E-state index contributed by atoms with van der Waals surface area (Å²) in [6, 6.07) is 10.5. The molecule has 1 aromatic heterocycles. The summed E-state index contributed by atoms with van der Waals surface area (Å²) in [5.74, 6) is 2.02. The van der Waals surface area contributed by atoms with Crippen LogP contribution in [-0.2, 0) is 0 Å². The molecule has 134 valence electrons. The monoisotopic (exact) mass is 391 g/mol. The molecule has 2 N–H and O–H groups in total. The van der Waals surface area contributed by atoms with Gasteiger partial charge in [0, 0.05) is 27.5 Å². The van der Waals surface area contributed by atoms with Gasteiger partial charge in [0.05, 0.1) is 20.4 Å². The van der Waals surface area contributed by atoms with Gasteiger partial charge in [-0.25, -0.2) is 0 Å². The lowest BCUT2D eigenvalue weighted by atomic mass is 10.3. The third-order valence-electron chi connectivity index (χ3n) is 3.33. The maximum absolute atomic E-state index is 6.00. The Balaban J connectivity index is 1.79. The Morgan fingerprint density at radius 1 is 0.846 bits per heavy atom. The second-order valence-corrected chi connectivity index (χ2v) is 6.02. The standard InChI is InChI=1S/C17H15Cl2N5O2/c1-25-14-4-3-12(8-15(14)26-2)22-17-23-16(9-20-24-17)21-13-6-10(18)5-11(19)7-13/h3-9H,1-2H3,(H2,21,22,23,24). The topological polar surface area (TPSA) is 81.2 Å². The fourth-order valence-electron chi connectivity index (χ4n) is 2.23. The summed E-state index contributed by atoms with van der Waals surface area (Å²) in [7, 11) is 3.15. The zero-order valence-corrected chi connectivity index (χ0v) is 15.5. The number of rotatable bonds is 6. The van der Waals surface area contributed by atoms with E-state index in [0.29, 0.717) is 39.0 Å². The molecule has 26 heavy (non-hydrogen) atoms. The molecule has 0 radical (unpaired) electrons. The van der Waals surface area contributed by atoms with Crippen molar-refractivity contribution in [2.75, 3.05) is 24.9 Å². The van der Waals surface area contributed by atoms with Crippen molar-refractivity contribution in [1.29, 1.82) is 0 Å². The molecule has 0 fully saturated rings. The first-order valence-electron chi connectivity index (χ1n) is 7.49. The van der Waals surface area contributed by atoms with Gasteiger partial charge in [-0.1, -0.05) is 23.2 Å². The molecule has 0 saturated carbocycles. The van der Waals surface area contributed by atoms with E-state index in [1.165, 1.54) is 6.20 Å². The first-order valence-corrected chi connectivity index (χ1v) is 8.25. The maximum Gasteiger partial charge on any atom is 0.249 e. The summed E-state index contributed by atoms with van der Waals surface area (Å²) in [5, 5.41) is 15.1. The highest BCUT2D eigenvalue weighted by Gasteiger charge is 2.07. The van der Waals surface area contributed by atoms with Gasteiger partial charge in [0.1, 0.15) is 0 Å². The van der Waals surface area contributed by atoms with Gasteiger partial charge in [-0.2, -0.15) is 10.1 Å². The van der Waals surface area contributed by atoms with Crippen LogP contribution < -0.4 is 20.1 Å². The largest absolute Gasteiger partial charge is 0.493 e. The van der Waals surface area contributed by atoms with Crippen LogP contribution >= 0.6 is 23.2 Å². The van der Waals surface area contributed by atoms with Gasteiger partial charge >= 0.3 is 0 Å². The molecule has 0 aliphatic rings. The average molecular weight is 392 g/mol. The Morgan fingerprint density at radius 2 is 1.58 bits per heavy atom. The molecule has 9 heteroatoms. The van der Waals surface area contributed by atoms with Crippen LogP contribution in [0.2, 0.25) is 10.0 Å². The normalized spacial score (nSPS) is 10.3. The zero-order chi connectivity index (χ0) is 18.5. The first kappa shape index (κ1) is 18.0. The lowest BCUT2D eigenvalue weighted by Crippen LogP contribution is -2.02. The SMILES string of the molecule is COc1ccc(Nc2nncc(Nc3cc(Cl)cc(Cl)c3)n2)cc1OC. The highest BCUT2D eigenvalue weighted by atomic mass is 35.5. The van der Waals surface area contributed by atoms with Crippen molar-refractivity contribution >= 4 is 46.3 Å². The predicted octanol–water partition coefficient (Wildman–Crippen LogP) is 4.68. The first-order chi connectivity index (χ1) is 12.6.